The molecule has 1 aliphatic rings. The molecule has 4 nitrogen and oxygen atoms in total. The molecule has 4 heteroatoms. The fourth-order valence-electron chi connectivity index (χ4n) is 1.81. The third kappa shape index (κ3) is 3.23. The summed E-state index contributed by atoms with van der Waals surface area (Å²) in [5, 5.41) is 17.9. The van der Waals surface area contributed by atoms with E-state index in [0.29, 0.717) is 12.6 Å². The van der Waals surface area contributed by atoms with Gasteiger partial charge in [-0.25, -0.2) is 0 Å². The summed E-state index contributed by atoms with van der Waals surface area (Å²) in [6.45, 7) is 2.61. The summed E-state index contributed by atoms with van der Waals surface area (Å²) in [4.78, 5) is 4.41. The molecule has 0 aliphatic carbocycles. The fourth-order valence-corrected chi connectivity index (χ4v) is 1.81. The van der Waals surface area contributed by atoms with Gasteiger partial charge in [0, 0.05) is 19.1 Å². The van der Waals surface area contributed by atoms with Crippen LogP contribution in [0.15, 0.2) is 0 Å². The summed E-state index contributed by atoms with van der Waals surface area (Å²) >= 11 is 0. The largest absolute Gasteiger partial charge is 0.394 e. The third-order valence-corrected chi connectivity index (χ3v) is 2.70. The zero-order valence-electron chi connectivity index (χ0n) is 8.48. The van der Waals surface area contributed by atoms with E-state index in [1.54, 1.807) is 0 Å². The monoisotopic (exact) mass is 188 g/mol. The van der Waals surface area contributed by atoms with E-state index >= 15 is 0 Å². The summed E-state index contributed by atoms with van der Waals surface area (Å²) in [7, 11) is 4.11. The molecule has 0 bridgehead atoms. The highest BCUT2D eigenvalue weighted by atomic mass is 16.3. The van der Waals surface area contributed by atoms with Crippen LogP contribution in [0, 0.1) is 0 Å². The molecule has 1 saturated heterocycles. The normalized spacial score (nSPS) is 27.0. The van der Waals surface area contributed by atoms with E-state index in [2.05, 4.69) is 16.8 Å². The Morgan fingerprint density at radius 1 is 1.62 bits per heavy atom. The van der Waals surface area contributed by atoms with Crippen LogP contribution in [-0.2, 0) is 0 Å². The molecule has 2 unspecified atom stereocenters. The molecular weight excluding hydrogens is 168 g/mol. The molecule has 1 heterocycles. The first-order valence-electron chi connectivity index (χ1n) is 4.81. The summed E-state index contributed by atoms with van der Waals surface area (Å²) in [5.41, 5.74) is 0. The number of likely N-dealkylation sites (tertiary alicyclic amines) is 1. The van der Waals surface area contributed by atoms with Crippen LogP contribution < -0.4 is 0 Å². The van der Waals surface area contributed by atoms with Crippen molar-refractivity contribution in [2.45, 2.75) is 18.6 Å². The number of aliphatic hydroxyl groups is 2. The standard InChI is InChI=1S/C9H20N2O2/c1-10-4-3-8(5-10)11(2)6-9(13)7-12/h8-9,12-13H,3-7H2,1-2H3. The van der Waals surface area contributed by atoms with E-state index in [-0.39, 0.29) is 6.61 Å². The van der Waals surface area contributed by atoms with E-state index in [1.807, 2.05) is 7.05 Å². The van der Waals surface area contributed by atoms with Gasteiger partial charge in [0.1, 0.15) is 0 Å². The van der Waals surface area contributed by atoms with Crippen molar-refractivity contribution < 1.29 is 10.2 Å². The Labute approximate surface area is 79.8 Å². The summed E-state index contributed by atoms with van der Waals surface area (Å²) in [5.74, 6) is 0. The molecule has 2 N–H and O–H groups in total. The Morgan fingerprint density at radius 3 is 2.77 bits per heavy atom. The highest BCUT2D eigenvalue weighted by molar-refractivity contribution is 4.80. The second kappa shape index (κ2) is 4.91. The molecule has 78 valence electrons. The van der Waals surface area contributed by atoms with E-state index in [4.69, 9.17) is 5.11 Å². The second-order valence-corrected chi connectivity index (χ2v) is 3.98. The Kier molecular flexibility index (Phi) is 4.12. The lowest BCUT2D eigenvalue weighted by Crippen LogP contribution is -2.40. The highest BCUT2D eigenvalue weighted by Crippen LogP contribution is 2.12. The number of hydrogen-bond donors (Lipinski definition) is 2. The van der Waals surface area contributed by atoms with Crippen molar-refractivity contribution >= 4 is 0 Å². The lowest BCUT2D eigenvalue weighted by molar-refractivity contribution is 0.0557. The van der Waals surface area contributed by atoms with Crippen LogP contribution in [0.3, 0.4) is 0 Å². The van der Waals surface area contributed by atoms with Crippen molar-refractivity contribution in [2.75, 3.05) is 40.3 Å². The Bertz CT molecular complexity index is 155. The van der Waals surface area contributed by atoms with Crippen molar-refractivity contribution in [3.63, 3.8) is 0 Å². The molecule has 2 atom stereocenters. The van der Waals surface area contributed by atoms with E-state index < -0.39 is 6.10 Å². The van der Waals surface area contributed by atoms with Crippen LogP contribution in [0.4, 0.5) is 0 Å². The summed E-state index contributed by atoms with van der Waals surface area (Å²) < 4.78 is 0. The molecule has 1 aliphatic heterocycles. The first-order chi connectivity index (χ1) is 6.13. The fraction of sp³-hybridized carbons (Fsp3) is 1.00. The molecule has 0 spiro atoms. The molecule has 0 aromatic heterocycles. The van der Waals surface area contributed by atoms with Gasteiger partial charge in [0.2, 0.25) is 0 Å². The molecule has 0 radical (unpaired) electrons. The van der Waals surface area contributed by atoms with Gasteiger partial charge in [0.25, 0.3) is 0 Å². The van der Waals surface area contributed by atoms with E-state index in [9.17, 15) is 5.11 Å². The molecule has 1 rings (SSSR count). The van der Waals surface area contributed by atoms with Gasteiger partial charge in [-0.15, -0.1) is 0 Å². The molecular formula is C9H20N2O2. The minimum atomic E-state index is -0.601. The maximum atomic E-state index is 9.25. The lowest BCUT2D eigenvalue weighted by atomic mass is 10.2. The number of likely N-dealkylation sites (N-methyl/N-ethyl adjacent to an activating group) is 2. The van der Waals surface area contributed by atoms with Crippen molar-refractivity contribution in [1.82, 2.24) is 9.80 Å². The van der Waals surface area contributed by atoms with Crippen molar-refractivity contribution in [2.24, 2.45) is 0 Å². The molecule has 0 amide bonds. The second-order valence-electron chi connectivity index (χ2n) is 3.98. The number of aliphatic hydroxyl groups excluding tert-OH is 2. The predicted molar refractivity (Wildman–Crippen MR) is 51.6 cm³/mol. The molecule has 1 fully saturated rings. The Hall–Kier alpha value is -0.160. The minimum absolute atomic E-state index is 0.146. The lowest BCUT2D eigenvalue weighted by Gasteiger charge is -2.25. The van der Waals surface area contributed by atoms with Crippen LogP contribution in [-0.4, -0.2) is 72.5 Å². The number of rotatable bonds is 4. The van der Waals surface area contributed by atoms with Gasteiger partial charge in [-0.05, 0) is 27.1 Å². The molecule has 0 aromatic carbocycles. The average molecular weight is 188 g/mol. The maximum absolute atomic E-state index is 9.25. The van der Waals surface area contributed by atoms with Gasteiger partial charge < -0.3 is 15.1 Å². The van der Waals surface area contributed by atoms with Crippen LogP contribution >= 0.6 is 0 Å². The van der Waals surface area contributed by atoms with Gasteiger partial charge in [-0.2, -0.15) is 0 Å². The van der Waals surface area contributed by atoms with Crippen LogP contribution in [0.5, 0.6) is 0 Å². The quantitative estimate of drug-likeness (QED) is 0.592. The number of hydrogen-bond acceptors (Lipinski definition) is 4. The summed E-state index contributed by atoms with van der Waals surface area (Å²) in [6.07, 6.45) is 0.557. The Morgan fingerprint density at radius 2 is 2.31 bits per heavy atom. The van der Waals surface area contributed by atoms with Crippen LogP contribution in [0.1, 0.15) is 6.42 Å². The smallest absolute Gasteiger partial charge is 0.0897 e. The number of nitrogens with zero attached hydrogens (tertiary/aromatic N) is 2. The van der Waals surface area contributed by atoms with Crippen molar-refractivity contribution in [3.05, 3.63) is 0 Å². The van der Waals surface area contributed by atoms with E-state index in [0.717, 1.165) is 19.5 Å². The zero-order chi connectivity index (χ0) is 9.84. The topological polar surface area (TPSA) is 46.9 Å². The molecule has 13 heavy (non-hydrogen) atoms. The maximum Gasteiger partial charge on any atom is 0.0897 e. The van der Waals surface area contributed by atoms with Crippen molar-refractivity contribution in [1.29, 1.82) is 0 Å². The van der Waals surface area contributed by atoms with Crippen LogP contribution in [0.25, 0.3) is 0 Å². The first-order valence-corrected chi connectivity index (χ1v) is 4.81. The van der Waals surface area contributed by atoms with Crippen molar-refractivity contribution in [3.8, 4) is 0 Å². The zero-order valence-corrected chi connectivity index (χ0v) is 8.48. The van der Waals surface area contributed by atoms with Gasteiger partial charge in [0.05, 0.1) is 12.7 Å². The molecule has 0 aromatic rings. The minimum Gasteiger partial charge on any atom is -0.394 e. The first kappa shape index (κ1) is 10.9. The van der Waals surface area contributed by atoms with Gasteiger partial charge in [-0.3, -0.25) is 4.90 Å². The Balaban J connectivity index is 2.27. The molecule has 0 saturated carbocycles. The van der Waals surface area contributed by atoms with Gasteiger partial charge in [0.15, 0.2) is 0 Å². The van der Waals surface area contributed by atoms with Gasteiger partial charge >= 0.3 is 0 Å². The van der Waals surface area contributed by atoms with E-state index in [1.165, 1.54) is 0 Å². The average Bonchev–Trinajstić information content (AvgIpc) is 2.51. The SMILES string of the molecule is CN1CCC(N(C)CC(O)CO)C1. The summed E-state index contributed by atoms with van der Waals surface area (Å²) in [6, 6.07) is 0.534. The predicted octanol–water partition coefficient (Wildman–Crippen LogP) is -1.02. The highest BCUT2D eigenvalue weighted by Gasteiger charge is 2.24. The third-order valence-electron chi connectivity index (χ3n) is 2.70. The van der Waals surface area contributed by atoms with Gasteiger partial charge in [-0.1, -0.05) is 0 Å². The van der Waals surface area contributed by atoms with Crippen LogP contribution in [0.2, 0.25) is 0 Å².